The fraction of sp³-hybridized carbons (Fsp3) is 0.0435. The van der Waals surface area contributed by atoms with Crippen molar-refractivity contribution in [3.8, 4) is 11.3 Å². The van der Waals surface area contributed by atoms with E-state index in [4.69, 9.17) is 21.7 Å². The zero-order valence-corrected chi connectivity index (χ0v) is 18.3. The highest BCUT2D eigenvalue weighted by atomic mass is 32.1. The number of amides is 2. The molecule has 0 atom stereocenters. The molecule has 1 saturated heterocycles. The quantitative estimate of drug-likeness (QED) is 0.186. The lowest BCUT2D eigenvalue weighted by atomic mass is 10.1. The van der Waals surface area contributed by atoms with Crippen molar-refractivity contribution in [2.24, 2.45) is 0 Å². The monoisotopic (exact) mass is 477 g/mol. The number of carboxylic acid groups (broad SMARTS) is 1. The Hall–Kier alpha value is -4.64. The van der Waals surface area contributed by atoms with Gasteiger partial charge in [-0.2, -0.15) is 0 Å². The third-order valence-electron chi connectivity index (χ3n) is 5.08. The van der Waals surface area contributed by atoms with E-state index in [2.05, 4.69) is 5.32 Å². The van der Waals surface area contributed by atoms with Crippen molar-refractivity contribution >= 4 is 52.6 Å². The molecule has 0 spiro atoms. The molecule has 2 aromatic carbocycles. The van der Waals surface area contributed by atoms with Crippen molar-refractivity contribution in [3.63, 3.8) is 0 Å². The smallest absolute Gasteiger partial charge is 0.335 e. The maximum absolute atomic E-state index is 13.1. The van der Waals surface area contributed by atoms with Crippen LogP contribution in [0.2, 0.25) is 0 Å². The number of nitrogens with one attached hydrogen (secondary N) is 1. The number of thiocarbonyl (C=S) groups is 1. The van der Waals surface area contributed by atoms with Crippen molar-refractivity contribution in [2.75, 3.05) is 4.90 Å². The van der Waals surface area contributed by atoms with Crippen LogP contribution < -0.4 is 10.2 Å². The largest absolute Gasteiger partial charge is 0.478 e. The van der Waals surface area contributed by atoms with Crippen LogP contribution in [0.1, 0.15) is 21.7 Å². The van der Waals surface area contributed by atoms with Gasteiger partial charge in [-0.15, -0.1) is 0 Å². The van der Waals surface area contributed by atoms with E-state index in [-0.39, 0.29) is 33.4 Å². The summed E-state index contributed by atoms with van der Waals surface area (Å²) in [6.45, 7) is 1.62. The van der Waals surface area contributed by atoms with Gasteiger partial charge >= 0.3 is 5.97 Å². The van der Waals surface area contributed by atoms with Crippen LogP contribution in [0.15, 0.2) is 64.6 Å². The maximum atomic E-state index is 13.1. The number of carbonyl (C=O) groups excluding carboxylic acids is 2. The van der Waals surface area contributed by atoms with Gasteiger partial charge in [0.15, 0.2) is 5.11 Å². The fourth-order valence-corrected chi connectivity index (χ4v) is 3.61. The second-order valence-electron chi connectivity index (χ2n) is 7.27. The summed E-state index contributed by atoms with van der Waals surface area (Å²) in [6.07, 6.45) is 1.24. The Morgan fingerprint density at radius 3 is 2.50 bits per heavy atom. The molecule has 4 rings (SSSR count). The number of nitro benzene ring substituents is 1. The second-order valence-corrected chi connectivity index (χ2v) is 7.66. The Bertz CT molecular complexity index is 1410. The molecule has 0 unspecified atom stereocenters. The normalized spacial score (nSPS) is 14.9. The van der Waals surface area contributed by atoms with Crippen LogP contribution in [0.25, 0.3) is 17.4 Å². The van der Waals surface area contributed by atoms with Crippen molar-refractivity contribution in [2.45, 2.75) is 6.92 Å². The number of benzene rings is 2. The molecule has 0 aliphatic carbocycles. The maximum Gasteiger partial charge on any atom is 0.335 e. The average Bonchev–Trinajstić information content (AvgIpc) is 3.25. The number of carboxylic acids is 1. The summed E-state index contributed by atoms with van der Waals surface area (Å²) < 4.78 is 5.71. The summed E-state index contributed by atoms with van der Waals surface area (Å²) in [5, 5.41) is 22.5. The van der Waals surface area contributed by atoms with Gasteiger partial charge in [-0.05, 0) is 61.6 Å². The number of hydrogen-bond acceptors (Lipinski definition) is 7. The topological polar surface area (TPSA) is 143 Å². The zero-order valence-electron chi connectivity index (χ0n) is 17.5. The van der Waals surface area contributed by atoms with Crippen LogP contribution in [-0.4, -0.2) is 32.9 Å². The van der Waals surface area contributed by atoms with E-state index in [9.17, 15) is 24.5 Å². The van der Waals surface area contributed by atoms with Crippen molar-refractivity contribution < 1.29 is 28.8 Å². The molecule has 0 radical (unpaired) electrons. The molecule has 34 heavy (non-hydrogen) atoms. The van der Waals surface area contributed by atoms with Crippen LogP contribution in [-0.2, 0) is 9.59 Å². The van der Waals surface area contributed by atoms with E-state index in [1.807, 2.05) is 0 Å². The third-order valence-corrected chi connectivity index (χ3v) is 5.36. The van der Waals surface area contributed by atoms with Gasteiger partial charge in [-0.1, -0.05) is 12.1 Å². The molecule has 2 N–H and O–H groups in total. The molecular weight excluding hydrogens is 462 g/mol. The molecular formula is C23H15N3O7S. The molecule has 1 fully saturated rings. The number of aryl methyl sites for hydroxylation is 1. The van der Waals surface area contributed by atoms with Crippen LogP contribution in [0.5, 0.6) is 0 Å². The lowest BCUT2D eigenvalue weighted by molar-refractivity contribution is -0.385. The molecule has 0 saturated carbocycles. The summed E-state index contributed by atoms with van der Waals surface area (Å²) in [6, 6.07) is 13.2. The van der Waals surface area contributed by atoms with Gasteiger partial charge in [-0.25, -0.2) is 4.79 Å². The molecule has 1 aliphatic rings. The Morgan fingerprint density at radius 1 is 1.15 bits per heavy atom. The fourth-order valence-electron chi connectivity index (χ4n) is 3.33. The molecule has 11 heteroatoms. The molecule has 170 valence electrons. The molecule has 10 nitrogen and oxygen atoms in total. The van der Waals surface area contributed by atoms with E-state index in [0.717, 1.165) is 4.90 Å². The van der Waals surface area contributed by atoms with Crippen LogP contribution in [0.4, 0.5) is 11.4 Å². The zero-order chi connectivity index (χ0) is 24.6. The molecule has 2 heterocycles. The highest BCUT2D eigenvalue weighted by Crippen LogP contribution is 2.29. The van der Waals surface area contributed by atoms with Crippen LogP contribution >= 0.6 is 12.2 Å². The Kier molecular flexibility index (Phi) is 5.78. The van der Waals surface area contributed by atoms with E-state index >= 15 is 0 Å². The number of rotatable bonds is 5. The predicted molar refractivity (Wildman–Crippen MR) is 125 cm³/mol. The molecule has 2 amide bonds. The number of nitro groups is 1. The SMILES string of the molecule is Cc1ccc(-c2ccc(/C=C3\C(=O)NC(=S)N(c4ccc(C(=O)O)cc4)C3=O)o2)cc1[N+](=O)[O-]. The van der Waals surface area contributed by atoms with Gasteiger partial charge in [0, 0.05) is 17.2 Å². The van der Waals surface area contributed by atoms with E-state index in [1.54, 1.807) is 25.1 Å². The van der Waals surface area contributed by atoms with Crippen LogP contribution in [0, 0.1) is 17.0 Å². The van der Waals surface area contributed by atoms with Crippen molar-refractivity contribution in [3.05, 3.63) is 87.2 Å². The first kappa shape index (κ1) is 22.6. The first-order valence-electron chi connectivity index (χ1n) is 9.76. The Morgan fingerprint density at radius 2 is 1.85 bits per heavy atom. The standard InChI is InChI=1S/C23H15N3O7S/c1-12-2-3-14(10-18(12)26(31)32)19-9-8-16(33-19)11-17-20(27)24-23(34)25(21(17)28)15-6-4-13(5-7-15)22(29)30/h2-11H,1H3,(H,29,30)(H,24,27,34)/b17-11+. The summed E-state index contributed by atoms with van der Waals surface area (Å²) >= 11 is 5.13. The van der Waals surface area contributed by atoms with Crippen molar-refractivity contribution in [1.29, 1.82) is 0 Å². The molecule has 1 aromatic heterocycles. The summed E-state index contributed by atoms with van der Waals surface area (Å²) in [7, 11) is 0. The summed E-state index contributed by atoms with van der Waals surface area (Å²) in [4.78, 5) is 48.4. The minimum Gasteiger partial charge on any atom is -0.478 e. The number of aromatic carboxylic acids is 1. The lowest BCUT2D eigenvalue weighted by Gasteiger charge is -2.28. The number of anilines is 1. The molecule has 0 bridgehead atoms. The molecule has 1 aliphatic heterocycles. The van der Waals surface area contributed by atoms with Gasteiger partial charge < -0.3 is 9.52 Å². The highest BCUT2D eigenvalue weighted by molar-refractivity contribution is 7.80. The van der Waals surface area contributed by atoms with Crippen molar-refractivity contribution in [1.82, 2.24) is 5.32 Å². The number of carbonyl (C=O) groups is 3. The minimum absolute atomic E-state index is 0.0263. The van der Waals surface area contributed by atoms with Gasteiger partial charge in [0.2, 0.25) is 0 Å². The Balaban J connectivity index is 1.66. The molecule has 3 aromatic rings. The average molecular weight is 477 g/mol. The Labute approximate surface area is 197 Å². The first-order valence-corrected chi connectivity index (χ1v) is 10.2. The summed E-state index contributed by atoms with van der Waals surface area (Å²) in [5.41, 5.74) is 0.944. The van der Waals surface area contributed by atoms with Crippen LogP contribution in [0.3, 0.4) is 0 Å². The third kappa shape index (κ3) is 4.19. The summed E-state index contributed by atoms with van der Waals surface area (Å²) in [5.74, 6) is -2.08. The number of furan rings is 1. The van der Waals surface area contributed by atoms with Gasteiger partial charge in [0.1, 0.15) is 17.1 Å². The first-order chi connectivity index (χ1) is 16.2. The second kappa shape index (κ2) is 8.71. The van der Waals surface area contributed by atoms with E-state index in [1.165, 1.54) is 42.5 Å². The van der Waals surface area contributed by atoms with Gasteiger partial charge in [-0.3, -0.25) is 29.9 Å². The van der Waals surface area contributed by atoms with E-state index in [0.29, 0.717) is 16.9 Å². The van der Waals surface area contributed by atoms with E-state index < -0.39 is 22.7 Å². The highest BCUT2D eigenvalue weighted by Gasteiger charge is 2.34. The number of nitrogens with zero attached hydrogens (tertiary/aromatic N) is 2. The minimum atomic E-state index is -1.12. The predicted octanol–water partition coefficient (Wildman–Crippen LogP) is 3.69. The number of hydrogen-bond donors (Lipinski definition) is 2. The lowest BCUT2D eigenvalue weighted by Crippen LogP contribution is -2.54. The van der Waals surface area contributed by atoms with Gasteiger partial charge in [0.05, 0.1) is 16.2 Å². The van der Waals surface area contributed by atoms with Gasteiger partial charge in [0.25, 0.3) is 17.5 Å².